The molecule has 1 atom stereocenters. The molecule has 0 aliphatic carbocycles. The number of hydrogen-bond donors (Lipinski definition) is 1. The van der Waals surface area contributed by atoms with E-state index in [4.69, 9.17) is 11.6 Å². The summed E-state index contributed by atoms with van der Waals surface area (Å²) in [6, 6.07) is 13.2. The van der Waals surface area contributed by atoms with Crippen LogP contribution in [0.4, 0.5) is 4.39 Å². The molecule has 0 bridgehead atoms. The van der Waals surface area contributed by atoms with E-state index in [1.54, 1.807) is 49.4 Å². The van der Waals surface area contributed by atoms with E-state index in [1.807, 2.05) is 0 Å². The minimum atomic E-state index is -1.40. The third kappa shape index (κ3) is 2.14. The number of halogens is 2. The van der Waals surface area contributed by atoms with Gasteiger partial charge in [-0.1, -0.05) is 54.9 Å². The van der Waals surface area contributed by atoms with Gasteiger partial charge >= 0.3 is 0 Å². The van der Waals surface area contributed by atoms with Gasteiger partial charge in [-0.05, 0) is 18.6 Å². The standard InChI is InChI=1S/C15H14ClFO/c1-2-15(18,11-7-3-5-9-13(11)16)12-8-4-6-10-14(12)17/h3-10,18H,2H2,1H3. The maximum Gasteiger partial charge on any atom is 0.129 e. The van der Waals surface area contributed by atoms with Crippen molar-refractivity contribution in [2.24, 2.45) is 0 Å². The van der Waals surface area contributed by atoms with Gasteiger partial charge in [-0.15, -0.1) is 0 Å². The van der Waals surface area contributed by atoms with Crippen LogP contribution in [0.1, 0.15) is 24.5 Å². The van der Waals surface area contributed by atoms with Gasteiger partial charge in [0, 0.05) is 16.1 Å². The summed E-state index contributed by atoms with van der Waals surface area (Å²) in [4.78, 5) is 0. The molecule has 0 aromatic heterocycles. The highest BCUT2D eigenvalue weighted by atomic mass is 35.5. The van der Waals surface area contributed by atoms with E-state index in [0.29, 0.717) is 17.0 Å². The summed E-state index contributed by atoms with van der Waals surface area (Å²) in [6.07, 6.45) is 0.345. The zero-order valence-electron chi connectivity index (χ0n) is 10.0. The van der Waals surface area contributed by atoms with Crippen molar-refractivity contribution in [2.75, 3.05) is 0 Å². The van der Waals surface area contributed by atoms with Gasteiger partial charge in [0.05, 0.1) is 0 Å². The van der Waals surface area contributed by atoms with Crippen molar-refractivity contribution in [3.63, 3.8) is 0 Å². The highest BCUT2D eigenvalue weighted by Crippen LogP contribution is 2.37. The molecule has 94 valence electrons. The molecule has 0 radical (unpaired) electrons. The molecule has 0 aliphatic rings. The van der Waals surface area contributed by atoms with Crippen LogP contribution in [0.3, 0.4) is 0 Å². The lowest BCUT2D eigenvalue weighted by molar-refractivity contribution is 0.0727. The van der Waals surface area contributed by atoms with Gasteiger partial charge in [-0.2, -0.15) is 0 Å². The largest absolute Gasteiger partial charge is 0.380 e. The first-order chi connectivity index (χ1) is 8.59. The molecule has 1 nitrogen and oxygen atoms in total. The Morgan fingerprint density at radius 2 is 1.61 bits per heavy atom. The number of benzene rings is 2. The fraction of sp³-hybridized carbons (Fsp3) is 0.200. The molecule has 2 aromatic rings. The van der Waals surface area contributed by atoms with Crippen LogP contribution in [-0.2, 0) is 5.60 Å². The van der Waals surface area contributed by atoms with E-state index < -0.39 is 11.4 Å². The zero-order chi connectivity index (χ0) is 13.2. The Morgan fingerprint density at radius 1 is 1.06 bits per heavy atom. The summed E-state index contributed by atoms with van der Waals surface area (Å²) in [5, 5.41) is 11.2. The molecule has 0 fully saturated rings. The van der Waals surface area contributed by atoms with Crippen LogP contribution in [-0.4, -0.2) is 5.11 Å². The smallest absolute Gasteiger partial charge is 0.129 e. The molecule has 1 N–H and O–H groups in total. The van der Waals surface area contributed by atoms with Gasteiger partial charge in [-0.3, -0.25) is 0 Å². The molecular weight excluding hydrogens is 251 g/mol. The Labute approximate surface area is 111 Å². The van der Waals surface area contributed by atoms with E-state index in [2.05, 4.69) is 0 Å². The van der Waals surface area contributed by atoms with E-state index >= 15 is 0 Å². The first-order valence-corrected chi connectivity index (χ1v) is 6.19. The molecule has 2 aromatic carbocycles. The van der Waals surface area contributed by atoms with Crippen molar-refractivity contribution >= 4 is 11.6 Å². The zero-order valence-corrected chi connectivity index (χ0v) is 10.8. The summed E-state index contributed by atoms with van der Waals surface area (Å²) in [7, 11) is 0. The molecular formula is C15H14ClFO. The Bertz CT molecular complexity index is 508. The molecule has 0 aliphatic heterocycles. The van der Waals surface area contributed by atoms with Crippen molar-refractivity contribution in [3.05, 3.63) is 70.5 Å². The summed E-state index contributed by atoms with van der Waals surface area (Å²) < 4.78 is 13.9. The Hall–Kier alpha value is -1.38. The van der Waals surface area contributed by atoms with Crippen LogP contribution in [0.15, 0.2) is 48.5 Å². The lowest BCUT2D eigenvalue weighted by atomic mass is 9.84. The van der Waals surface area contributed by atoms with Crippen molar-refractivity contribution in [3.8, 4) is 0 Å². The molecule has 0 heterocycles. The lowest BCUT2D eigenvalue weighted by Crippen LogP contribution is -2.28. The van der Waals surface area contributed by atoms with Crippen molar-refractivity contribution < 1.29 is 9.50 Å². The topological polar surface area (TPSA) is 20.2 Å². The van der Waals surface area contributed by atoms with Crippen LogP contribution in [0.25, 0.3) is 0 Å². The van der Waals surface area contributed by atoms with Gasteiger partial charge < -0.3 is 5.11 Å². The Balaban J connectivity index is 2.63. The first kappa shape index (κ1) is 13.1. The minimum Gasteiger partial charge on any atom is -0.380 e. The summed E-state index contributed by atoms with van der Waals surface area (Å²) >= 11 is 6.11. The number of aliphatic hydroxyl groups is 1. The average Bonchev–Trinajstić information content (AvgIpc) is 2.39. The molecule has 0 saturated heterocycles. The first-order valence-electron chi connectivity index (χ1n) is 5.82. The molecule has 0 spiro atoms. The molecule has 1 unspecified atom stereocenters. The third-order valence-corrected chi connectivity index (χ3v) is 3.48. The van der Waals surface area contributed by atoms with Crippen LogP contribution in [0.2, 0.25) is 5.02 Å². The second-order valence-electron chi connectivity index (χ2n) is 4.17. The summed E-state index contributed by atoms with van der Waals surface area (Å²) in [5.74, 6) is -0.429. The third-order valence-electron chi connectivity index (χ3n) is 3.15. The van der Waals surface area contributed by atoms with E-state index in [-0.39, 0.29) is 5.56 Å². The Kier molecular flexibility index (Phi) is 3.69. The molecule has 2 rings (SSSR count). The summed E-state index contributed by atoms with van der Waals surface area (Å²) in [6.45, 7) is 1.80. The molecule has 0 saturated carbocycles. The van der Waals surface area contributed by atoms with E-state index in [0.717, 1.165) is 0 Å². The minimum absolute atomic E-state index is 0.251. The SMILES string of the molecule is CCC(O)(c1ccccc1F)c1ccccc1Cl. The van der Waals surface area contributed by atoms with Crippen molar-refractivity contribution in [2.45, 2.75) is 18.9 Å². The highest BCUT2D eigenvalue weighted by Gasteiger charge is 2.33. The van der Waals surface area contributed by atoms with Gasteiger partial charge in [0.2, 0.25) is 0 Å². The van der Waals surface area contributed by atoms with Crippen LogP contribution < -0.4 is 0 Å². The van der Waals surface area contributed by atoms with Crippen LogP contribution in [0, 0.1) is 5.82 Å². The second kappa shape index (κ2) is 5.09. The van der Waals surface area contributed by atoms with Crippen LogP contribution in [0.5, 0.6) is 0 Å². The van der Waals surface area contributed by atoms with E-state index in [9.17, 15) is 9.50 Å². The fourth-order valence-corrected chi connectivity index (χ4v) is 2.41. The average molecular weight is 265 g/mol. The van der Waals surface area contributed by atoms with Gasteiger partial charge in [0.25, 0.3) is 0 Å². The summed E-state index contributed by atoms with van der Waals surface area (Å²) in [5.41, 5.74) is -0.621. The predicted octanol–water partition coefficient (Wildman–Crippen LogP) is 4.13. The predicted molar refractivity (Wildman–Crippen MR) is 71.1 cm³/mol. The van der Waals surface area contributed by atoms with Crippen LogP contribution >= 0.6 is 11.6 Å². The maximum absolute atomic E-state index is 13.9. The van der Waals surface area contributed by atoms with Gasteiger partial charge in [0.1, 0.15) is 11.4 Å². The Morgan fingerprint density at radius 3 is 2.17 bits per heavy atom. The normalized spacial score (nSPS) is 14.2. The fourth-order valence-electron chi connectivity index (χ4n) is 2.12. The van der Waals surface area contributed by atoms with Crippen molar-refractivity contribution in [1.82, 2.24) is 0 Å². The number of rotatable bonds is 3. The van der Waals surface area contributed by atoms with Crippen molar-refractivity contribution in [1.29, 1.82) is 0 Å². The lowest BCUT2D eigenvalue weighted by Gasteiger charge is -2.29. The second-order valence-corrected chi connectivity index (χ2v) is 4.58. The monoisotopic (exact) mass is 264 g/mol. The maximum atomic E-state index is 13.9. The molecule has 18 heavy (non-hydrogen) atoms. The van der Waals surface area contributed by atoms with E-state index in [1.165, 1.54) is 6.07 Å². The highest BCUT2D eigenvalue weighted by molar-refractivity contribution is 6.31. The van der Waals surface area contributed by atoms with Gasteiger partial charge in [-0.25, -0.2) is 4.39 Å². The quantitative estimate of drug-likeness (QED) is 0.884. The molecule has 0 amide bonds. The number of hydrogen-bond acceptors (Lipinski definition) is 1. The van der Waals surface area contributed by atoms with Gasteiger partial charge in [0.15, 0.2) is 0 Å². The molecule has 3 heteroatoms.